The molecule has 0 aliphatic rings. The molecule has 0 fully saturated rings. The lowest BCUT2D eigenvalue weighted by atomic mass is 10.3. The van der Waals surface area contributed by atoms with E-state index in [0.717, 1.165) is 18.2 Å². The number of hydrogen-bond donors (Lipinski definition) is 3. The summed E-state index contributed by atoms with van der Waals surface area (Å²) in [6.07, 6.45) is 0.0219. The van der Waals surface area contributed by atoms with Gasteiger partial charge >= 0.3 is 0 Å². The van der Waals surface area contributed by atoms with Crippen LogP contribution < -0.4 is 15.8 Å². The molecule has 0 bridgehead atoms. The number of nitrogens with two attached hydrogens (primary N) is 1. The minimum atomic E-state index is -3.80. The maximum Gasteiger partial charge on any atom is 0.240 e. The van der Waals surface area contributed by atoms with Gasteiger partial charge in [0.05, 0.1) is 10.6 Å². The molecule has 0 saturated carbocycles. The molecule has 112 valence electrons. The lowest BCUT2D eigenvalue weighted by molar-refractivity contribution is -0.121. The summed E-state index contributed by atoms with van der Waals surface area (Å²) < 4.78 is 39.0. The Labute approximate surface area is 117 Å². The number of nitrogen functional groups attached to an aromatic ring is 1. The van der Waals surface area contributed by atoms with E-state index in [1.807, 2.05) is 13.8 Å². The van der Waals surface area contributed by atoms with Crippen molar-refractivity contribution in [3.05, 3.63) is 24.0 Å². The highest BCUT2D eigenvalue weighted by Crippen LogP contribution is 2.16. The van der Waals surface area contributed by atoms with Crippen LogP contribution in [-0.2, 0) is 14.8 Å². The number of amides is 1. The Morgan fingerprint density at radius 3 is 2.60 bits per heavy atom. The number of carbonyl (C=O) groups excluding carboxylic acids is 1. The number of rotatable bonds is 6. The first kappa shape index (κ1) is 16.4. The zero-order valence-electron chi connectivity index (χ0n) is 11.3. The van der Waals surface area contributed by atoms with Gasteiger partial charge < -0.3 is 11.1 Å². The predicted octanol–water partition coefficient (Wildman–Crippen LogP) is 0.601. The zero-order valence-corrected chi connectivity index (χ0v) is 12.1. The van der Waals surface area contributed by atoms with E-state index in [1.54, 1.807) is 0 Å². The standard InChI is InChI=1S/C12H18FN3O3S/c1-8(2)16-12(17)5-6-15-20(18,19)9-3-4-10(13)11(14)7-9/h3-4,7-8,15H,5-6,14H2,1-2H3,(H,16,17). The SMILES string of the molecule is CC(C)NC(=O)CCNS(=O)(=O)c1ccc(F)c(N)c1. The predicted molar refractivity (Wildman–Crippen MR) is 73.9 cm³/mol. The van der Waals surface area contributed by atoms with Crippen molar-refractivity contribution in [2.75, 3.05) is 12.3 Å². The van der Waals surface area contributed by atoms with Crippen molar-refractivity contribution in [1.29, 1.82) is 0 Å². The molecule has 20 heavy (non-hydrogen) atoms. The minimum Gasteiger partial charge on any atom is -0.396 e. The first-order valence-electron chi connectivity index (χ1n) is 6.06. The number of benzene rings is 1. The molecule has 0 unspecified atom stereocenters. The summed E-state index contributed by atoms with van der Waals surface area (Å²) in [5, 5.41) is 2.64. The molecule has 0 aliphatic heterocycles. The smallest absolute Gasteiger partial charge is 0.240 e. The molecular formula is C12H18FN3O3S. The van der Waals surface area contributed by atoms with E-state index in [0.29, 0.717) is 0 Å². The number of anilines is 1. The minimum absolute atomic E-state index is 0.00370. The fourth-order valence-corrected chi connectivity index (χ4v) is 2.53. The monoisotopic (exact) mass is 303 g/mol. The van der Waals surface area contributed by atoms with Crippen LogP contribution in [0.15, 0.2) is 23.1 Å². The number of sulfonamides is 1. The molecule has 0 aromatic heterocycles. The lowest BCUT2D eigenvalue weighted by Crippen LogP contribution is -2.34. The van der Waals surface area contributed by atoms with E-state index in [2.05, 4.69) is 10.0 Å². The fourth-order valence-electron chi connectivity index (χ4n) is 1.47. The van der Waals surface area contributed by atoms with Crippen molar-refractivity contribution in [2.24, 2.45) is 0 Å². The van der Waals surface area contributed by atoms with Crippen LogP contribution >= 0.6 is 0 Å². The largest absolute Gasteiger partial charge is 0.396 e. The third-order valence-electron chi connectivity index (χ3n) is 2.37. The summed E-state index contributed by atoms with van der Waals surface area (Å²) in [6, 6.07) is 3.12. The van der Waals surface area contributed by atoms with Crippen LogP contribution in [0.2, 0.25) is 0 Å². The lowest BCUT2D eigenvalue weighted by Gasteiger charge is -2.10. The van der Waals surface area contributed by atoms with Gasteiger partial charge in [-0.15, -0.1) is 0 Å². The van der Waals surface area contributed by atoms with E-state index in [1.165, 1.54) is 0 Å². The summed E-state index contributed by atoms with van der Waals surface area (Å²) in [5.41, 5.74) is 5.07. The molecular weight excluding hydrogens is 285 g/mol. The van der Waals surface area contributed by atoms with Gasteiger partial charge in [-0.05, 0) is 32.0 Å². The molecule has 4 N–H and O–H groups in total. The van der Waals surface area contributed by atoms with E-state index in [4.69, 9.17) is 5.73 Å². The average Bonchev–Trinajstić information content (AvgIpc) is 2.31. The van der Waals surface area contributed by atoms with Gasteiger partial charge in [0.1, 0.15) is 5.82 Å². The van der Waals surface area contributed by atoms with Crippen molar-refractivity contribution in [3.8, 4) is 0 Å². The van der Waals surface area contributed by atoms with Crippen LogP contribution in [0.4, 0.5) is 10.1 Å². The Morgan fingerprint density at radius 1 is 1.40 bits per heavy atom. The van der Waals surface area contributed by atoms with Crippen LogP contribution in [0.25, 0.3) is 0 Å². The van der Waals surface area contributed by atoms with Crippen LogP contribution in [0.1, 0.15) is 20.3 Å². The van der Waals surface area contributed by atoms with E-state index in [9.17, 15) is 17.6 Å². The third-order valence-corrected chi connectivity index (χ3v) is 3.83. The molecule has 0 saturated heterocycles. The van der Waals surface area contributed by atoms with Gasteiger partial charge in [0.2, 0.25) is 15.9 Å². The molecule has 1 amide bonds. The molecule has 1 aromatic rings. The van der Waals surface area contributed by atoms with Crippen molar-refractivity contribution >= 4 is 21.6 Å². The highest BCUT2D eigenvalue weighted by Gasteiger charge is 2.15. The molecule has 0 spiro atoms. The van der Waals surface area contributed by atoms with Gasteiger partial charge in [-0.25, -0.2) is 17.5 Å². The molecule has 0 atom stereocenters. The average molecular weight is 303 g/mol. The van der Waals surface area contributed by atoms with Gasteiger partial charge in [0.15, 0.2) is 0 Å². The molecule has 6 nitrogen and oxygen atoms in total. The van der Waals surface area contributed by atoms with Gasteiger partial charge in [-0.2, -0.15) is 0 Å². The normalized spacial score (nSPS) is 11.6. The maximum absolute atomic E-state index is 13.0. The fraction of sp³-hybridized carbons (Fsp3) is 0.417. The summed E-state index contributed by atoms with van der Waals surface area (Å²) in [4.78, 5) is 11.2. The molecule has 1 rings (SSSR count). The zero-order chi connectivity index (χ0) is 15.3. The summed E-state index contributed by atoms with van der Waals surface area (Å²) in [7, 11) is -3.80. The van der Waals surface area contributed by atoms with Crippen molar-refractivity contribution in [1.82, 2.24) is 10.0 Å². The highest BCUT2D eigenvalue weighted by molar-refractivity contribution is 7.89. The number of hydrogen-bond acceptors (Lipinski definition) is 4. The second-order valence-electron chi connectivity index (χ2n) is 4.55. The van der Waals surface area contributed by atoms with Gasteiger partial charge in [-0.3, -0.25) is 4.79 Å². The van der Waals surface area contributed by atoms with Crippen LogP contribution in [0.5, 0.6) is 0 Å². The van der Waals surface area contributed by atoms with Gasteiger partial charge in [-0.1, -0.05) is 0 Å². The number of halogens is 1. The van der Waals surface area contributed by atoms with Crippen LogP contribution in [0, 0.1) is 5.82 Å². The quantitative estimate of drug-likeness (QED) is 0.670. The van der Waals surface area contributed by atoms with Gasteiger partial charge in [0, 0.05) is 19.0 Å². The van der Waals surface area contributed by atoms with Crippen molar-refractivity contribution in [3.63, 3.8) is 0 Å². The summed E-state index contributed by atoms with van der Waals surface area (Å²) in [6.45, 7) is 3.57. The number of carbonyl (C=O) groups is 1. The Balaban J connectivity index is 2.62. The molecule has 0 radical (unpaired) electrons. The Morgan fingerprint density at radius 2 is 2.05 bits per heavy atom. The molecule has 8 heteroatoms. The van der Waals surface area contributed by atoms with E-state index >= 15 is 0 Å². The molecule has 0 heterocycles. The Bertz CT molecular complexity index is 588. The number of nitrogens with one attached hydrogen (secondary N) is 2. The van der Waals surface area contributed by atoms with Gasteiger partial charge in [0.25, 0.3) is 0 Å². The Kier molecular flexibility index (Phi) is 5.46. The maximum atomic E-state index is 13.0. The first-order valence-corrected chi connectivity index (χ1v) is 7.55. The first-order chi connectivity index (χ1) is 9.22. The highest BCUT2D eigenvalue weighted by atomic mass is 32.2. The summed E-state index contributed by atoms with van der Waals surface area (Å²) >= 11 is 0. The second-order valence-corrected chi connectivity index (χ2v) is 6.32. The molecule has 1 aromatic carbocycles. The van der Waals surface area contributed by atoms with Crippen LogP contribution in [0.3, 0.4) is 0 Å². The summed E-state index contributed by atoms with van der Waals surface area (Å²) in [5.74, 6) is -0.929. The van der Waals surface area contributed by atoms with Crippen LogP contribution in [-0.4, -0.2) is 26.9 Å². The van der Waals surface area contributed by atoms with Crippen molar-refractivity contribution < 1.29 is 17.6 Å². The van der Waals surface area contributed by atoms with Crippen molar-refractivity contribution in [2.45, 2.75) is 31.2 Å². The van der Waals surface area contributed by atoms with E-state index in [-0.39, 0.29) is 35.5 Å². The third kappa shape index (κ3) is 4.78. The Hall–Kier alpha value is -1.67. The van der Waals surface area contributed by atoms with E-state index < -0.39 is 15.8 Å². The topological polar surface area (TPSA) is 101 Å². The molecule has 0 aliphatic carbocycles. The second kappa shape index (κ2) is 6.67.